The monoisotopic (exact) mass is 318 g/mol. The van der Waals surface area contributed by atoms with Gasteiger partial charge in [0.1, 0.15) is 5.75 Å². The molecule has 2 nitrogen and oxygen atoms in total. The van der Waals surface area contributed by atoms with Crippen LogP contribution >= 0.6 is 27.7 Å². The van der Waals surface area contributed by atoms with E-state index in [-0.39, 0.29) is 6.10 Å². The topological polar surface area (TPSA) is 29.5 Å². The molecule has 2 unspecified atom stereocenters. The number of aliphatic hydroxyl groups excluding tert-OH is 1. The lowest BCUT2D eigenvalue weighted by atomic mass is 9.99. The number of hydrogen-bond donors (Lipinski definition) is 1. The van der Waals surface area contributed by atoms with Crippen LogP contribution in [-0.2, 0) is 6.42 Å². The molecule has 0 saturated carbocycles. The van der Waals surface area contributed by atoms with Gasteiger partial charge in [0, 0.05) is 0 Å². The first-order valence-corrected chi connectivity index (χ1v) is 7.76. The van der Waals surface area contributed by atoms with Crippen LogP contribution in [0.1, 0.15) is 12.5 Å². The predicted molar refractivity (Wildman–Crippen MR) is 78.0 cm³/mol. The molecule has 1 rings (SSSR count). The maximum Gasteiger partial charge on any atom is 0.133 e. The summed E-state index contributed by atoms with van der Waals surface area (Å²) in [6.07, 6.45) is 2.46. The Morgan fingerprint density at radius 2 is 2.18 bits per heavy atom. The van der Waals surface area contributed by atoms with Crippen molar-refractivity contribution in [2.75, 3.05) is 19.1 Å². The van der Waals surface area contributed by atoms with Gasteiger partial charge in [0.05, 0.1) is 17.7 Å². The molecule has 0 saturated heterocycles. The second-order valence-electron chi connectivity index (χ2n) is 4.17. The minimum atomic E-state index is -0.289. The van der Waals surface area contributed by atoms with Crippen molar-refractivity contribution in [3.05, 3.63) is 28.2 Å². The quantitative estimate of drug-likeness (QED) is 0.872. The highest BCUT2D eigenvalue weighted by molar-refractivity contribution is 9.10. The van der Waals surface area contributed by atoms with Gasteiger partial charge in [-0.25, -0.2) is 0 Å². The van der Waals surface area contributed by atoms with Crippen LogP contribution in [0.5, 0.6) is 5.75 Å². The molecule has 17 heavy (non-hydrogen) atoms. The summed E-state index contributed by atoms with van der Waals surface area (Å²) in [5.74, 6) is 2.12. The fraction of sp³-hybridized carbons (Fsp3) is 0.538. The summed E-state index contributed by atoms with van der Waals surface area (Å²) in [4.78, 5) is 0. The van der Waals surface area contributed by atoms with Crippen molar-refractivity contribution in [3.8, 4) is 5.75 Å². The summed E-state index contributed by atoms with van der Waals surface area (Å²) in [7, 11) is 1.65. The third kappa shape index (κ3) is 4.53. The standard InChI is InChI=1S/C13H19BrO2S/c1-9(8-17-3)12(15)7-10-4-5-13(16-2)11(14)6-10/h4-6,9,12,15H,7-8H2,1-3H3. The maximum atomic E-state index is 10.1. The number of rotatable bonds is 6. The Balaban J connectivity index is 2.65. The lowest BCUT2D eigenvalue weighted by Crippen LogP contribution is -2.22. The normalized spacial score (nSPS) is 14.4. The van der Waals surface area contributed by atoms with Gasteiger partial charge in [-0.05, 0) is 58.0 Å². The van der Waals surface area contributed by atoms with Crippen molar-refractivity contribution < 1.29 is 9.84 Å². The number of benzene rings is 1. The summed E-state index contributed by atoms with van der Waals surface area (Å²) in [6, 6.07) is 5.93. The fourth-order valence-electron chi connectivity index (χ4n) is 1.65. The molecule has 0 bridgehead atoms. The third-order valence-electron chi connectivity index (χ3n) is 2.75. The minimum Gasteiger partial charge on any atom is -0.496 e. The maximum absolute atomic E-state index is 10.1. The highest BCUT2D eigenvalue weighted by atomic mass is 79.9. The SMILES string of the molecule is COc1ccc(CC(O)C(C)CSC)cc1Br. The Kier molecular flexibility index (Phi) is 6.38. The molecule has 0 aromatic heterocycles. The summed E-state index contributed by atoms with van der Waals surface area (Å²) >= 11 is 5.22. The molecule has 0 fully saturated rings. The lowest BCUT2D eigenvalue weighted by Gasteiger charge is -2.18. The van der Waals surface area contributed by atoms with Crippen LogP contribution < -0.4 is 4.74 Å². The van der Waals surface area contributed by atoms with Gasteiger partial charge in [0.25, 0.3) is 0 Å². The molecular formula is C13H19BrO2S. The van der Waals surface area contributed by atoms with E-state index in [1.807, 2.05) is 18.2 Å². The molecule has 0 aliphatic carbocycles. The van der Waals surface area contributed by atoms with E-state index in [9.17, 15) is 5.11 Å². The van der Waals surface area contributed by atoms with Crippen LogP contribution in [0.2, 0.25) is 0 Å². The molecule has 2 atom stereocenters. The highest BCUT2D eigenvalue weighted by Gasteiger charge is 2.14. The van der Waals surface area contributed by atoms with Crippen LogP contribution in [0.15, 0.2) is 22.7 Å². The number of hydrogen-bond acceptors (Lipinski definition) is 3. The molecule has 0 amide bonds. The largest absolute Gasteiger partial charge is 0.496 e. The molecule has 0 aliphatic heterocycles. The van der Waals surface area contributed by atoms with Gasteiger partial charge in [-0.1, -0.05) is 13.0 Å². The van der Waals surface area contributed by atoms with Crippen molar-refractivity contribution in [3.63, 3.8) is 0 Å². The van der Waals surface area contributed by atoms with E-state index in [4.69, 9.17) is 4.74 Å². The van der Waals surface area contributed by atoms with Gasteiger partial charge in [0.2, 0.25) is 0 Å². The summed E-state index contributed by atoms with van der Waals surface area (Å²) in [5.41, 5.74) is 1.12. The van der Waals surface area contributed by atoms with Gasteiger partial charge in [-0.2, -0.15) is 11.8 Å². The smallest absolute Gasteiger partial charge is 0.133 e. The highest BCUT2D eigenvalue weighted by Crippen LogP contribution is 2.26. The van der Waals surface area contributed by atoms with Gasteiger partial charge in [-0.15, -0.1) is 0 Å². The molecule has 4 heteroatoms. The Morgan fingerprint density at radius 1 is 1.47 bits per heavy atom. The van der Waals surface area contributed by atoms with Gasteiger partial charge in [-0.3, -0.25) is 0 Å². The minimum absolute atomic E-state index is 0.289. The Bertz CT molecular complexity index is 357. The fourth-order valence-corrected chi connectivity index (χ4v) is 2.99. The van der Waals surface area contributed by atoms with Crippen molar-refractivity contribution in [2.24, 2.45) is 5.92 Å². The van der Waals surface area contributed by atoms with Gasteiger partial charge < -0.3 is 9.84 Å². The number of ether oxygens (including phenoxy) is 1. The van der Waals surface area contributed by atoms with E-state index in [0.717, 1.165) is 21.5 Å². The molecule has 1 aromatic rings. The average Bonchev–Trinajstić information content (AvgIpc) is 2.29. The molecule has 0 radical (unpaired) electrons. The molecular weight excluding hydrogens is 300 g/mol. The van der Waals surface area contributed by atoms with E-state index >= 15 is 0 Å². The number of aliphatic hydroxyl groups is 1. The molecule has 96 valence electrons. The molecule has 1 aromatic carbocycles. The lowest BCUT2D eigenvalue weighted by molar-refractivity contribution is 0.128. The van der Waals surface area contributed by atoms with E-state index in [2.05, 4.69) is 29.1 Å². The number of methoxy groups -OCH3 is 1. The van der Waals surface area contributed by atoms with E-state index in [1.165, 1.54) is 0 Å². The zero-order valence-corrected chi connectivity index (χ0v) is 12.8. The number of thioether (sulfide) groups is 1. The molecule has 0 aliphatic rings. The third-order valence-corrected chi connectivity index (χ3v) is 4.23. The van der Waals surface area contributed by atoms with Crippen molar-refractivity contribution in [1.29, 1.82) is 0 Å². The van der Waals surface area contributed by atoms with Crippen LogP contribution in [0, 0.1) is 5.92 Å². The second kappa shape index (κ2) is 7.29. The Morgan fingerprint density at radius 3 is 2.71 bits per heavy atom. The van der Waals surface area contributed by atoms with Crippen molar-refractivity contribution in [2.45, 2.75) is 19.4 Å². The first-order valence-electron chi connectivity index (χ1n) is 5.58. The second-order valence-corrected chi connectivity index (χ2v) is 5.94. The molecule has 0 heterocycles. The van der Waals surface area contributed by atoms with Crippen LogP contribution in [0.3, 0.4) is 0 Å². The molecule has 0 spiro atoms. The van der Waals surface area contributed by atoms with Crippen LogP contribution in [0.25, 0.3) is 0 Å². The molecule has 1 N–H and O–H groups in total. The average molecular weight is 319 g/mol. The summed E-state index contributed by atoms with van der Waals surface area (Å²) in [5, 5.41) is 10.1. The van der Waals surface area contributed by atoms with Crippen molar-refractivity contribution >= 4 is 27.7 Å². The van der Waals surface area contributed by atoms with Crippen molar-refractivity contribution in [1.82, 2.24) is 0 Å². The van der Waals surface area contributed by atoms with Crippen LogP contribution in [0.4, 0.5) is 0 Å². The zero-order chi connectivity index (χ0) is 12.8. The Labute approximate surface area is 116 Å². The Hall–Kier alpha value is -0.190. The van der Waals surface area contributed by atoms with Crippen LogP contribution in [-0.4, -0.2) is 30.3 Å². The van der Waals surface area contributed by atoms with E-state index in [0.29, 0.717) is 12.3 Å². The van der Waals surface area contributed by atoms with E-state index < -0.39 is 0 Å². The van der Waals surface area contributed by atoms with Gasteiger partial charge >= 0.3 is 0 Å². The zero-order valence-electron chi connectivity index (χ0n) is 10.4. The van der Waals surface area contributed by atoms with E-state index in [1.54, 1.807) is 18.9 Å². The summed E-state index contributed by atoms with van der Waals surface area (Å²) in [6.45, 7) is 2.08. The first-order chi connectivity index (χ1) is 8.08. The van der Waals surface area contributed by atoms with Gasteiger partial charge in [0.15, 0.2) is 0 Å². The summed E-state index contributed by atoms with van der Waals surface area (Å²) < 4.78 is 6.11. The number of halogens is 1. The first kappa shape index (κ1) is 14.9. The predicted octanol–water partition coefficient (Wildman–Crippen LogP) is 3.36.